The average Bonchev–Trinajstić information content (AvgIpc) is 2.57. The molecule has 0 radical (unpaired) electrons. The maximum Gasteiger partial charge on any atom is 0.433 e. The summed E-state index contributed by atoms with van der Waals surface area (Å²) in [5, 5.41) is 0.923. The second kappa shape index (κ2) is 7.34. The lowest BCUT2D eigenvalue weighted by molar-refractivity contribution is -0.141. The first-order valence-electron chi connectivity index (χ1n) is 7.84. The van der Waals surface area contributed by atoms with E-state index < -0.39 is 35.0 Å². The van der Waals surface area contributed by atoms with Gasteiger partial charge in [-0.2, -0.15) is 13.2 Å². The lowest BCUT2D eigenvalue weighted by Crippen LogP contribution is -2.56. The van der Waals surface area contributed by atoms with Crippen LogP contribution in [0.25, 0.3) is 0 Å². The van der Waals surface area contributed by atoms with Crippen molar-refractivity contribution in [1.29, 1.82) is 0 Å². The number of pyridine rings is 1. The number of benzene rings is 1. The summed E-state index contributed by atoms with van der Waals surface area (Å²) in [5.41, 5.74) is -0.207. The highest BCUT2D eigenvalue weighted by Gasteiger charge is 2.34. The summed E-state index contributed by atoms with van der Waals surface area (Å²) in [6.07, 6.45) is -3.86. The fourth-order valence-corrected chi connectivity index (χ4v) is 2.15. The minimum absolute atomic E-state index is 0.160. The third kappa shape index (κ3) is 4.81. The molecule has 0 aliphatic carbocycles. The highest BCUT2D eigenvalue weighted by molar-refractivity contribution is 5.99. The number of hydrogen-bond acceptors (Lipinski definition) is 3. The Balaban J connectivity index is 2.30. The number of hydrogen-bond donors (Lipinski definition) is 1. The van der Waals surface area contributed by atoms with Crippen LogP contribution in [0.5, 0.6) is 0 Å². The van der Waals surface area contributed by atoms with E-state index in [1.807, 2.05) is 0 Å². The summed E-state index contributed by atoms with van der Waals surface area (Å²) in [6, 6.07) is 6.85. The quantitative estimate of drug-likeness (QED) is 0.633. The highest BCUT2D eigenvalue weighted by atomic mass is 19.4. The van der Waals surface area contributed by atoms with Crippen LogP contribution in [-0.2, 0) is 6.18 Å². The van der Waals surface area contributed by atoms with E-state index in [1.165, 1.54) is 18.2 Å². The number of nitrogens with one attached hydrogen (secondary N) is 1. The van der Waals surface area contributed by atoms with Crippen molar-refractivity contribution in [3.05, 3.63) is 65.2 Å². The van der Waals surface area contributed by atoms with E-state index >= 15 is 0 Å². The Morgan fingerprint density at radius 3 is 2.15 bits per heavy atom. The van der Waals surface area contributed by atoms with Crippen LogP contribution in [0.15, 0.2) is 42.6 Å². The number of halogens is 4. The van der Waals surface area contributed by atoms with E-state index in [4.69, 9.17) is 0 Å². The smallest absolute Gasteiger partial charge is 0.267 e. The van der Waals surface area contributed by atoms with Gasteiger partial charge in [0.2, 0.25) is 0 Å². The second-order valence-corrected chi connectivity index (χ2v) is 6.66. The second-order valence-electron chi connectivity index (χ2n) is 6.66. The molecule has 1 aromatic carbocycles. The van der Waals surface area contributed by atoms with Gasteiger partial charge in [0, 0.05) is 6.20 Å². The topological polar surface area (TPSA) is 62.3 Å². The molecule has 0 spiro atoms. The Labute approximate surface area is 153 Å². The molecule has 2 rings (SSSR count). The van der Waals surface area contributed by atoms with Crippen molar-refractivity contribution in [2.75, 3.05) is 0 Å². The van der Waals surface area contributed by atoms with Crippen molar-refractivity contribution < 1.29 is 27.2 Å². The van der Waals surface area contributed by atoms with Gasteiger partial charge in [0.1, 0.15) is 11.5 Å². The minimum Gasteiger partial charge on any atom is -0.267 e. The number of amides is 2. The zero-order valence-electron chi connectivity index (χ0n) is 14.8. The number of carbonyl (C=O) groups is 2. The van der Waals surface area contributed by atoms with Crippen LogP contribution in [0.1, 0.15) is 47.2 Å². The molecule has 27 heavy (non-hydrogen) atoms. The summed E-state index contributed by atoms with van der Waals surface area (Å²) in [6.45, 7) is 4.80. The van der Waals surface area contributed by atoms with Gasteiger partial charge in [0.05, 0.1) is 16.7 Å². The van der Waals surface area contributed by atoms with Crippen LogP contribution < -0.4 is 5.43 Å². The number of rotatable bonds is 2. The van der Waals surface area contributed by atoms with E-state index in [0.717, 1.165) is 23.3 Å². The van der Waals surface area contributed by atoms with Gasteiger partial charge in [0.25, 0.3) is 11.8 Å². The molecular formula is C18H17F4N3O2. The summed E-state index contributed by atoms with van der Waals surface area (Å²) in [4.78, 5) is 28.3. The zero-order chi connectivity index (χ0) is 20.4. The van der Waals surface area contributed by atoms with Gasteiger partial charge in [-0.1, -0.05) is 12.1 Å². The highest BCUT2D eigenvalue weighted by Crippen LogP contribution is 2.27. The Morgan fingerprint density at radius 1 is 1.04 bits per heavy atom. The standard InChI is InChI=1S/C18H17F4N3O2/c1-17(2,3)25(24-15(26)12-6-4-5-7-13(12)19)16(27)11-8-9-14(23-10-11)18(20,21)22/h4-10H,1-3H3,(H,24,26). The fourth-order valence-electron chi connectivity index (χ4n) is 2.15. The first kappa shape index (κ1) is 20.3. The average molecular weight is 383 g/mol. The SMILES string of the molecule is CC(C)(C)N(NC(=O)c1ccccc1F)C(=O)c1ccc(C(F)(F)F)nc1. The molecule has 0 aliphatic rings. The molecule has 2 aromatic rings. The summed E-state index contributed by atoms with van der Waals surface area (Å²) < 4.78 is 51.6. The first-order chi connectivity index (χ1) is 12.4. The van der Waals surface area contributed by atoms with Crippen LogP contribution in [0.2, 0.25) is 0 Å². The van der Waals surface area contributed by atoms with Crippen LogP contribution in [-0.4, -0.2) is 27.3 Å². The monoisotopic (exact) mass is 383 g/mol. The number of alkyl halides is 3. The predicted octanol–water partition coefficient (Wildman–Crippen LogP) is 3.83. The molecule has 1 heterocycles. The maximum atomic E-state index is 13.8. The third-order valence-electron chi connectivity index (χ3n) is 3.51. The van der Waals surface area contributed by atoms with E-state index in [1.54, 1.807) is 20.8 Å². The van der Waals surface area contributed by atoms with Crippen LogP contribution >= 0.6 is 0 Å². The van der Waals surface area contributed by atoms with Gasteiger partial charge < -0.3 is 0 Å². The molecule has 0 saturated carbocycles. The summed E-state index contributed by atoms with van der Waals surface area (Å²) >= 11 is 0. The molecule has 0 unspecified atom stereocenters. The molecular weight excluding hydrogens is 366 g/mol. The third-order valence-corrected chi connectivity index (χ3v) is 3.51. The van der Waals surface area contributed by atoms with Gasteiger partial charge in [-0.25, -0.2) is 9.40 Å². The van der Waals surface area contributed by atoms with E-state index in [0.29, 0.717) is 6.07 Å². The number of aromatic nitrogens is 1. The van der Waals surface area contributed by atoms with Crippen molar-refractivity contribution in [2.24, 2.45) is 0 Å². The summed E-state index contributed by atoms with van der Waals surface area (Å²) in [5.74, 6) is -2.42. The molecule has 144 valence electrons. The van der Waals surface area contributed by atoms with E-state index in [-0.39, 0.29) is 11.1 Å². The van der Waals surface area contributed by atoms with Crippen molar-refractivity contribution in [1.82, 2.24) is 15.4 Å². The van der Waals surface area contributed by atoms with Crippen molar-refractivity contribution in [2.45, 2.75) is 32.5 Å². The van der Waals surface area contributed by atoms with E-state index in [2.05, 4.69) is 10.4 Å². The lowest BCUT2D eigenvalue weighted by Gasteiger charge is -2.35. The Bertz CT molecular complexity index is 843. The minimum atomic E-state index is -4.63. The lowest BCUT2D eigenvalue weighted by atomic mass is 10.1. The van der Waals surface area contributed by atoms with Crippen molar-refractivity contribution in [3.8, 4) is 0 Å². The van der Waals surface area contributed by atoms with Gasteiger partial charge in [-0.05, 0) is 45.0 Å². The number of carbonyl (C=O) groups excluding carboxylic acids is 2. The van der Waals surface area contributed by atoms with Gasteiger partial charge in [-0.15, -0.1) is 0 Å². The predicted molar refractivity (Wildman–Crippen MR) is 89.0 cm³/mol. The Hall–Kier alpha value is -2.97. The van der Waals surface area contributed by atoms with Crippen molar-refractivity contribution in [3.63, 3.8) is 0 Å². The fraction of sp³-hybridized carbons (Fsp3) is 0.278. The zero-order valence-corrected chi connectivity index (χ0v) is 14.8. The first-order valence-corrected chi connectivity index (χ1v) is 7.84. The Morgan fingerprint density at radius 2 is 1.67 bits per heavy atom. The molecule has 9 heteroatoms. The van der Waals surface area contributed by atoms with Crippen LogP contribution in [0.4, 0.5) is 17.6 Å². The molecule has 2 amide bonds. The largest absolute Gasteiger partial charge is 0.433 e. The maximum absolute atomic E-state index is 13.8. The van der Waals surface area contributed by atoms with Crippen LogP contribution in [0.3, 0.4) is 0 Å². The van der Waals surface area contributed by atoms with Crippen molar-refractivity contribution >= 4 is 11.8 Å². The normalized spacial score (nSPS) is 11.8. The van der Waals surface area contributed by atoms with Gasteiger partial charge in [-0.3, -0.25) is 20.0 Å². The molecule has 0 aliphatic heterocycles. The number of hydrazine groups is 1. The van der Waals surface area contributed by atoms with Gasteiger partial charge >= 0.3 is 6.18 Å². The molecule has 0 bridgehead atoms. The molecule has 1 aromatic heterocycles. The van der Waals surface area contributed by atoms with E-state index in [9.17, 15) is 27.2 Å². The summed E-state index contributed by atoms with van der Waals surface area (Å²) in [7, 11) is 0. The molecule has 0 saturated heterocycles. The Kier molecular flexibility index (Phi) is 5.53. The molecule has 0 atom stereocenters. The van der Waals surface area contributed by atoms with Gasteiger partial charge in [0.15, 0.2) is 0 Å². The molecule has 1 N–H and O–H groups in total. The molecule has 5 nitrogen and oxygen atoms in total. The van der Waals surface area contributed by atoms with Crippen LogP contribution in [0, 0.1) is 5.82 Å². The molecule has 0 fully saturated rings. The number of nitrogens with zero attached hydrogens (tertiary/aromatic N) is 2.